The van der Waals surface area contributed by atoms with Crippen molar-refractivity contribution in [2.24, 2.45) is 0 Å². The molecule has 15 heavy (non-hydrogen) atoms. The maximum absolute atomic E-state index is 13.2. The van der Waals surface area contributed by atoms with Gasteiger partial charge in [0.25, 0.3) is 0 Å². The summed E-state index contributed by atoms with van der Waals surface area (Å²) in [6.45, 7) is 1.60. The average molecular weight is 229 g/mol. The predicted octanol–water partition coefficient (Wildman–Crippen LogP) is 2.58. The molecule has 78 valence electrons. The molecule has 1 aromatic heterocycles. The Labute approximate surface area is 87.0 Å². The van der Waals surface area contributed by atoms with Crippen molar-refractivity contribution >= 4 is 27.5 Å². The molecule has 1 N–H and O–H groups in total. The van der Waals surface area contributed by atoms with E-state index < -0.39 is 23.2 Å². The molecule has 0 saturated carbocycles. The van der Waals surface area contributed by atoms with E-state index in [0.29, 0.717) is 11.1 Å². The fraction of sp³-hybridized carbons (Fsp3) is 0.111. The smallest absolute Gasteiger partial charge is 0.340 e. The van der Waals surface area contributed by atoms with Crippen LogP contribution in [0.3, 0.4) is 0 Å². The highest BCUT2D eigenvalue weighted by atomic mass is 32.1. The Hall–Kier alpha value is -1.56. The molecule has 2 rings (SSSR count). The molecule has 2 aromatic rings. The van der Waals surface area contributed by atoms with Gasteiger partial charge in [0, 0.05) is 6.07 Å². The van der Waals surface area contributed by atoms with Crippen LogP contribution < -0.4 is 0 Å². The van der Waals surface area contributed by atoms with Gasteiger partial charge in [-0.15, -0.1) is 11.3 Å². The SMILES string of the molecule is Cc1nc2c(F)cc(F)c(C(=O)O)c2s1. The first-order chi connectivity index (χ1) is 7.00. The van der Waals surface area contributed by atoms with Crippen molar-refractivity contribution < 1.29 is 18.7 Å². The lowest BCUT2D eigenvalue weighted by atomic mass is 10.2. The number of nitrogens with zero attached hydrogens (tertiary/aromatic N) is 1. The summed E-state index contributed by atoms with van der Waals surface area (Å²) in [7, 11) is 0. The number of hydrogen-bond acceptors (Lipinski definition) is 3. The number of aromatic nitrogens is 1. The van der Waals surface area contributed by atoms with E-state index in [0.717, 1.165) is 11.3 Å². The summed E-state index contributed by atoms with van der Waals surface area (Å²) in [5, 5.41) is 9.28. The van der Waals surface area contributed by atoms with Crippen LogP contribution in [-0.4, -0.2) is 16.1 Å². The van der Waals surface area contributed by atoms with Gasteiger partial charge < -0.3 is 5.11 Å². The van der Waals surface area contributed by atoms with Gasteiger partial charge in [0.15, 0.2) is 5.82 Å². The number of fused-ring (bicyclic) bond motifs is 1. The third kappa shape index (κ3) is 1.46. The second kappa shape index (κ2) is 3.23. The number of carboxylic acids is 1. The minimum atomic E-state index is -1.42. The van der Waals surface area contributed by atoms with E-state index in [2.05, 4.69) is 4.98 Å². The fourth-order valence-corrected chi connectivity index (χ4v) is 2.28. The number of thiazole rings is 1. The van der Waals surface area contributed by atoms with Crippen LogP contribution in [0.5, 0.6) is 0 Å². The zero-order valence-electron chi connectivity index (χ0n) is 7.54. The summed E-state index contributed by atoms with van der Waals surface area (Å²) >= 11 is 0.963. The number of carboxylic acid groups (broad SMARTS) is 1. The third-order valence-corrected chi connectivity index (χ3v) is 2.88. The molecule has 0 spiro atoms. The van der Waals surface area contributed by atoms with Gasteiger partial charge in [-0.2, -0.15) is 0 Å². The van der Waals surface area contributed by atoms with E-state index in [4.69, 9.17) is 5.11 Å². The van der Waals surface area contributed by atoms with E-state index in [-0.39, 0.29) is 10.2 Å². The first kappa shape index (κ1) is 9.97. The number of halogens is 2. The molecule has 0 aliphatic rings. The molecular weight excluding hydrogens is 224 g/mol. The summed E-state index contributed by atoms with van der Waals surface area (Å²) in [6, 6.07) is 0.547. The van der Waals surface area contributed by atoms with Crippen molar-refractivity contribution in [3.05, 3.63) is 28.3 Å². The van der Waals surface area contributed by atoms with Gasteiger partial charge >= 0.3 is 5.97 Å². The summed E-state index contributed by atoms with van der Waals surface area (Å²) in [6.07, 6.45) is 0. The molecule has 6 heteroatoms. The molecule has 0 fully saturated rings. The molecule has 0 saturated heterocycles. The second-order valence-corrected chi connectivity index (χ2v) is 4.13. The zero-order chi connectivity index (χ0) is 11.2. The fourth-order valence-electron chi connectivity index (χ4n) is 1.32. The predicted molar refractivity (Wildman–Crippen MR) is 51.2 cm³/mol. The van der Waals surface area contributed by atoms with Gasteiger partial charge in [-0.3, -0.25) is 0 Å². The maximum Gasteiger partial charge on any atom is 0.340 e. The minimum Gasteiger partial charge on any atom is -0.478 e. The van der Waals surface area contributed by atoms with Crippen LogP contribution in [0, 0.1) is 18.6 Å². The summed E-state index contributed by atoms with van der Waals surface area (Å²) in [5.74, 6) is -3.32. The number of hydrogen-bond donors (Lipinski definition) is 1. The summed E-state index contributed by atoms with van der Waals surface area (Å²) in [5.41, 5.74) is -0.603. The Morgan fingerprint density at radius 3 is 2.73 bits per heavy atom. The van der Waals surface area contributed by atoms with Crippen LogP contribution in [0.4, 0.5) is 8.78 Å². The van der Waals surface area contributed by atoms with Crippen molar-refractivity contribution in [3.63, 3.8) is 0 Å². The Bertz CT molecular complexity index is 565. The molecule has 0 radical (unpaired) electrons. The standard InChI is InChI=1S/C9H5F2NO2S/c1-3-12-7-5(11)2-4(10)6(9(13)14)8(7)15-3/h2H,1H3,(H,13,14). The number of carbonyl (C=O) groups is 1. The molecule has 0 aliphatic heterocycles. The van der Waals surface area contributed by atoms with Crippen LogP contribution in [0.15, 0.2) is 6.07 Å². The Kier molecular flexibility index (Phi) is 2.15. The Morgan fingerprint density at radius 2 is 2.13 bits per heavy atom. The summed E-state index contributed by atoms with van der Waals surface area (Å²) < 4.78 is 26.5. The van der Waals surface area contributed by atoms with Gasteiger partial charge in [-0.05, 0) is 6.92 Å². The maximum atomic E-state index is 13.2. The third-order valence-electron chi connectivity index (χ3n) is 1.89. The lowest BCUT2D eigenvalue weighted by Gasteiger charge is -1.98. The van der Waals surface area contributed by atoms with E-state index in [1.165, 1.54) is 0 Å². The van der Waals surface area contributed by atoms with Crippen molar-refractivity contribution in [2.45, 2.75) is 6.92 Å². The van der Waals surface area contributed by atoms with Crippen LogP contribution in [0.1, 0.15) is 15.4 Å². The van der Waals surface area contributed by atoms with Crippen molar-refractivity contribution in [3.8, 4) is 0 Å². The number of rotatable bonds is 1. The first-order valence-corrected chi connectivity index (χ1v) is 4.81. The number of aryl methyl sites for hydroxylation is 1. The van der Waals surface area contributed by atoms with Gasteiger partial charge in [0.2, 0.25) is 0 Å². The first-order valence-electron chi connectivity index (χ1n) is 3.99. The quantitative estimate of drug-likeness (QED) is 0.817. The highest BCUT2D eigenvalue weighted by Crippen LogP contribution is 2.29. The highest BCUT2D eigenvalue weighted by molar-refractivity contribution is 7.18. The number of aromatic carboxylic acids is 1. The Balaban J connectivity index is 2.95. The molecule has 1 heterocycles. The zero-order valence-corrected chi connectivity index (χ0v) is 8.36. The van der Waals surface area contributed by atoms with Crippen molar-refractivity contribution in [2.75, 3.05) is 0 Å². The molecule has 0 aliphatic carbocycles. The Morgan fingerprint density at radius 1 is 1.47 bits per heavy atom. The average Bonchev–Trinajstić information content (AvgIpc) is 2.45. The van der Waals surface area contributed by atoms with E-state index in [9.17, 15) is 13.6 Å². The van der Waals surface area contributed by atoms with Crippen LogP contribution in [0.25, 0.3) is 10.2 Å². The topological polar surface area (TPSA) is 50.2 Å². The lowest BCUT2D eigenvalue weighted by Crippen LogP contribution is -2.01. The normalized spacial score (nSPS) is 10.9. The van der Waals surface area contributed by atoms with Gasteiger partial charge in [-0.25, -0.2) is 18.6 Å². The van der Waals surface area contributed by atoms with Gasteiger partial charge in [0.1, 0.15) is 16.9 Å². The molecule has 3 nitrogen and oxygen atoms in total. The van der Waals surface area contributed by atoms with Crippen LogP contribution >= 0.6 is 11.3 Å². The molecule has 0 atom stereocenters. The molecule has 1 aromatic carbocycles. The largest absolute Gasteiger partial charge is 0.478 e. The monoisotopic (exact) mass is 229 g/mol. The minimum absolute atomic E-state index is 0.0394. The van der Waals surface area contributed by atoms with Crippen molar-refractivity contribution in [1.82, 2.24) is 4.98 Å². The van der Waals surface area contributed by atoms with E-state index in [1.54, 1.807) is 6.92 Å². The van der Waals surface area contributed by atoms with Crippen LogP contribution in [0.2, 0.25) is 0 Å². The molecule has 0 bridgehead atoms. The van der Waals surface area contributed by atoms with Crippen molar-refractivity contribution in [1.29, 1.82) is 0 Å². The number of benzene rings is 1. The summed E-state index contributed by atoms with van der Waals surface area (Å²) in [4.78, 5) is 14.6. The molecular formula is C9H5F2NO2S. The molecule has 0 unspecified atom stereocenters. The van der Waals surface area contributed by atoms with Crippen LogP contribution in [-0.2, 0) is 0 Å². The van der Waals surface area contributed by atoms with E-state index in [1.807, 2.05) is 0 Å². The molecule has 0 amide bonds. The highest BCUT2D eigenvalue weighted by Gasteiger charge is 2.20. The second-order valence-electron chi connectivity index (χ2n) is 2.93. The lowest BCUT2D eigenvalue weighted by molar-refractivity contribution is 0.0694. The van der Waals surface area contributed by atoms with Gasteiger partial charge in [0.05, 0.1) is 9.71 Å². The van der Waals surface area contributed by atoms with E-state index >= 15 is 0 Å². The van der Waals surface area contributed by atoms with Gasteiger partial charge in [-0.1, -0.05) is 0 Å².